The van der Waals surface area contributed by atoms with Gasteiger partial charge in [0, 0.05) is 31.1 Å². The van der Waals surface area contributed by atoms with Crippen molar-refractivity contribution in [2.75, 3.05) is 0 Å². The van der Waals surface area contributed by atoms with E-state index in [-0.39, 0.29) is 31.1 Å². The number of rotatable bonds is 4. The molecule has 0 bridgehead atoms. The molecule has 8 heavy (non-hydrogen) atoms. The first kappa shape index (κ1) is 11.6. The molecule has 0 unspecified atom stereocenters. The third-order valence-electron chi connectivity index (χ3n) is 0.116. The van der Waals surface area contributed by atoms with Crippen molar-refractivity contribution in [1.82, 2.24) is 0 Å². The van der Waals surface area contributed by atoms with E-state index in [1.807, 2.05) is 0 Å². The molecule has 0 saturated carbocycles. The van der Waals surface area contributed by atoms with Crippen molar-refractivity contribution in [1.29, 1.82) is 0 Å². The topological polar surface area (TPSA) is 86.6 Å². The molecule has 48 valence electrons. The molecule has 0 aliphatic heterocycles. The Labute approximate surface area is 67.0 Å². The molecule has 0 aromatic carbocycles. The van der Waals surface area contributed by atoms with Crippen LogP contribution in [0, 0.1) is 31.1 Å². The van der Waals surface area contributed by atoms with Crippen LogP contribution in [0.1, 0.15) is 0 Å². The van der Waals surface area contributed by atoms with Gasteiger partial charge in [0.1, 0.15) is 0 Å². The SMILES string of the molecule is OOOOOOO.[U]. The van der Waals surface area contributed by atoms with Crippen molar-refractivity contribution in [3.8, 4) is 0 Å². The molecule has 2 N–H and O–H groups in total. The first-order chi connectivity index (χ1) is 3.41. The molecule has 8 heteroatoms. The van der Waals surface area contributed by atoms with Crippen molar-refractivity contribution < 1.29 is 66.8 Å². The van der Waals surface area contributed by atoms with Crippen LogP contribution in [-0.2, 0) is 25.2 Å². The zero-order valence-corrected chi connectivity index (χ0v) is 7.60. The minimum absolute atomic E-state index is 0. The van der Waals surface area contributed by atoms with Gasteiger partial charge in [-0.1, -0.05) is 0 Å². The van der Waals surface area contributed by atoms with Gasteiger partial charge in [-0.05, 0) is 25.2 Å². The number of hydrogen-bond acceptors (Lipinski definition) is 7. The van der Waals surface area contributed by atoms with Gasteiger partial charge in [-0.2, -0.15) is 0 Å². The molecular weight excluding hydrogens is 350 g/mol. The van der Waals surface area contributed by atoms with Gasteiger partial charge >= 0.3 is 0 Å². The van der Waals surface area contributed by atoms with E-state index in [9.17, 15) is 0 Å². The number of hydrogen-bond donors (Lipinski definition) is 2. The maximum Gasteiger partial charge on any atom is 0 e. The van der Waals surface area contributed by atoms with Gasteiger partial charge < -0.3 is 0 Å². The average Bonchev–Trinajstić information content (AvgIpc) is 1.69. The van der Waals surface area contributed by atoms with Crippen LogP contribution in [-0.4, -0.2) is 10.5 Å². The van der Waals surface area contributed by atoms with Gasteiger partial charge in [0.05, 0.1) is 0 Å². The van der Waals surface area contributed by atoms with Crippen molar-refractivity contribution in [3.63, 3.8) is 0 Å². The molecule has 0 saturated heterocycles. The van der Waals surface area contributed by atoms with Crippen LogP contribution in [0.4, 0.5) is 0 Å². The largest absolute Gasteiger partial charge is 0.219 e. The zero-order valence-electron chi connectivity index (χ0n) is 3.44. The zero-order chi connectivity index (χ0) is 5.54. The van der Waals surface area contributed by atoms with Gasteiger partial charge in [-0.3, -0.25) is 0 Å². The third kappa shape index (κ3) is 9.91. The van der Waals surface area contributed by atoms with Crippen molar-refractivity contribution >= 4 is 0 Å². The van der Waals surface area contributed by atoms with Gasteiger partial charge in [0.25, 0.3) is 0 Å². The molecule has 7 nitrogen and oxygen atoms in total. The van der Waals surface area contributed by atoms with Crippen LogP contribution in [0.2, 0.25) is 0 Å². The van der Waals surface area contributed by atoms with Crippen LogP contribution in [0.15, 0.2) is 0 Å². The summed E-state index contributed by atoms with van der Waals surface area (Å²) in [5.74, 6) is 0. The van der Waals surface area contributed by atoms with Gasteiger partial charge in [-0.25, -0.2) is 10.5 Å². The van der Waals surface area contributed by atoms with E-state index in [1.165, 1.54) is 0 Å². The average molecular weight is 352 g/mol. The van der Waals surface area contributed by atoms with Crippen molar-refractivity contribution in [3.05, 3.63) is 0 Å². The summed E-state index contributed by atoms with van der Waals surface area (Å²) >= 11 is 0. The predicted octanol–water partition coefficient (Wildman–Crippen LogP) is -0.325. The van der Waals surface area contributed by atoms with Crippen LogP contribution in [0.25, 0.3) is 0 Å². The Morgan fingerprint density at radius 1 is 0.750 bits per heavy atom. The van der Waals surface area contributed by atoms with Crippen LogP contribution < -0.4 is 0 Å². The molecule has 0 atom stereocenters. The van der Waals surface area contributed by atoms with E-state index in [4.69, 9.17) is 10.5 Å². The first-order valence-electron chi connectivity index (χ1n) is 1.03. The quantitative estimate of drug-likeness (QED) is 0.407. The Bertz CT molecular complexity index is 23.6. The summed E-state index contributed by atoms with van der Waals surface area (Å²) in [6.07, 6.45) is 0. The van der Waals surface area contributed by atoms with Crippen molar-refractivity contribution in [2.45, 2.75) is 0 Å². The second-order valence-corrected chi connectivity index (χ2v) is 0.353. The molecule has 0 fully saturated rings. The summed E-state index contributed by atoms with van der Waals surface area (Å²) in [7, 11) is 0. The Hall–Kier alpha value is 0.772. The second kappa shape index (κ2) is 10.7. The van der Waals surface area contributed by atoms with E-state index in [0.29, 0.717) is 0 Å². The smallest absolute Gasteiger partial charge is 0 e. The van der Waals surface area contributed by atoms with Crippen LogP contribution in [0.5, 0.6) is 0 Å². The second-order valence-electron chi connectivity index (χ2n) is 0.353. The fourth-order valence-electron chi connectivity index (χ4n) is 0.0362. The Morgan fingerprint density at radius 2 is 1.12 bits per heavy atom. The van der Waals surface area contributed by atoms with E-state index in [2.05, 4.69) is 25.2 Å². The fraction of sp³-hybridized carbons (Fsp3) is 0. The summed E-state index contributed by atoms with van der Waals surface area (Å²) in [5, 5.41) is 29.5. The first-order valence-corrected chi connectivity index (χ1v) is 1.03. The van der Waals surface area contributed by atoms with E-state index in [0.717, 1.165) is 0 Å². The third-order valence-corrected chi connectivity index (χ3v) is 0.116. The predicted molar refractivity (Wildman–Crippen MR) is 10.7 cm³/mol. The molecule has 0 radical (unpaired) electrons. The molecule has 0 aliphatic carbocycles. The molecule has 0 spiro atoms. The maximum atomic E-state index is 7.23. The van der Waals surface area contributed by atoms with E-state index in [1.54, 1.807) is 0 Å². The summed E-state index contributed by atoms with van der Waals surface area (Å²) in [4.78, 5) is 0. The minimum Gasteiger partial charge on any atom is -0.219 e. The Kier molecular flexibility index (Phi) is 15.5. The summed E-state index contributed by atoms with van der Waals surface area (Å²) in [6.45, 7) is 0. The molecule has 0 heterocycles. The summed E-state index contributed by atoms with van der Waals surface area (Å²) in [5.41, 5.74) is 0. The maximum absolute atomic E-state index is 7.23. The summed E-state index contributed by atoms with van der Waals surface area (Å²) in [6, 6.07) is 0. The van der Waals surface area contributed by atoms with Gasteiger partial charge in [0.2, 0.25) is 0 Å². The monoisotopic (exact) mass is 352 g/mol. The molecule has 0 aromatic rings. The molecule has 0 rings (SSSR count). The molecular formula is H2O7U. The van der Waals surface area contributed by atoms with Gasteiger partial charge in [-0.15, -0.1) is 0 Å². The Morgan fingerprint density at radius 3 is 1.38 bits per heavy atom. The standard InChI is InChI=1S/H2O7.U/c1-3-5-7-6-4-2;/h1-2H;. The molecule has 0 amide bonds. The van der Waals surface area contributed by atoms with Gasteiger partial charge in [0.15, 0.2) is 0 Å². The van der Waals surface area contributed by atoms with Crippen LogP contribution >= 0.6 is 0 Å². The van der Waals surface area contributed by atoms with E-state index >= 15 is 0 Å². The van der Waals surface area contributed by atoms with E-state index < -0.39 is 0 Å². The van der Waals surface area contributed by atoms with Crippen LogP contribution in [0.3, 0.4) is 0 Å². The molecule has 0 aromatic heterocycles. The fourth-order valence-corrected chi connectivity index (χ4v) is 0.0362. The summed E-state index contributed by atoms with van der Waals surface area (Å²) < 4.78 is 0. The van der Waals surface area contributed by atoms with Crippen molar-refractivity contribution in [2.24, 2.45) is 0 Å². The minimum atomic E-state index is 0. The Balaban J connectivity index is 0. The normalized spacial score (nSPS) is 8.25. The molecule has 0 aliphatic rings.